The first kappa shape index (κ1) is 20.5. The highest BCUT2D eigenvalue weighted by molar-refractivity contribution is 6.13. The van der Waals surface area contributed by atoms with Crippen LogP contribution in [0, 0.1) is 0 Å². The Bertz CT molecular complexity index is 778. The van der Waals surface area contributed by atoms with E-state index in [1.54, 1.807) is 36.4 Å². The molecule has 0 bridgehead atoms. The van der Waals surface area contributed by atoms with Gasteiger partial charge in [0.15, 0.2) is 5.78 Å². The van der Waals surface area contributed by atoms with Gasteiger partial charge in [0, 0.05) is 18.7 Å². The third-order valence-electron chi connectivity index (χ3n) is 4.55. The van der Waals surface area contributed by atoms with Crippen LogP contribution in [0.1, 0.15) is 65.8 Å². The second-order valence-corrected chi connectivity index (χ2v) is 6.55. The van der Waals surface area contributed by atoms with Gasteiger partial charge in [-0.1, -0.05) is 57.0 Å². The lowest BCUT2D eigenvalue weighted by molar-refractivity contribution is 0.0694. The van der Waals surface area contributed by atoms with Crippen LogP contribution in [-0.4, -0.2) is 35.1 Å². The minimum atomic E-state index is -1.23. The molecule has 0 radical (unpaired) electrons. The summed E-state index contributed by atoms with van der Waals surface area (Å²) >= 11 is 0. The molecule has 0 atom stereocenters. The quantitative estimate of drug-likeness (QED) is 0.592. The summed E-state index contributed by atoms with van der Waals surface area (Å²) in [6, 6.07) is 11.7. The van der Waals surface area contributed by atoms with Crippen molar-refractivity contribution in [1.82, 2.24) is 0 Å². The van der Waals surface area contributed by atoms with E-state index in [0.29, 0.717) is 24.3 Å². The Labute approximate surface area is 160 Å². The van der Waals surface area contributed by atoms with Gasteiger partial charge in [-0.15, -0.1) is 0 Å². The number of hydrogen-bond donors (Lipinski definition) is 2. The number of carbonyl (C=O) groups excluding carboxylic acids is 1. The van der Waals surface area contributed by atoms with Crippen molar-refractivity contribution in [2.24, 2.45) is 0 Å². The van der Waals surface area contributed by atoms with Crippen molar-refractivity contribution >= 4 is 17.4 Å². The standard InChI is InChI=1S/C22H27NO4/c1-3-5-14-23(15-6-4-2)18-13-12-17(21(25)19(18)22(26)27)20(24)16-10-8-7-9-11-16/h7-13,25H,3-6,14-15H2,1-2H3,(H,26,27). The lowest BCUT2D eigenvalue weighted by atomic mass is 9.98. The van der Waals surface area contributed by atoms with Crippen LogP contribution in [0.25, 0.3) is 0 Å². The van der Waals surface area contributed by atoms with Crippen molar-refractivity contribution in [2.75, 3.05) is 18.0 Å². The van der Waals surface area contributed by atoms with Crippen LogP contribution >= 0.6 is 0 Å². The molecule has 0 amide bonds. The van der Waals surface area contributed by atoms with Gasteiger partial charge < -0.3 is 15.1 Å². The van der Waals surface area contributed by atoms with Crippen LogP contribution in [0.3, 0.4) is 0 Å². The monoisotopic (exact) mass is 369 g/mol. The summed E-state index contributed by atoms with van der Waals surface area (Å²) in [7, 11) is 0. The van der Waals surface area contributed by atoms with Gasteiger partial charge in [-0.25, -0.2) is 4.79 Å². The first-order chi connectivity index (χ1) is 13.0. The number of rotatable bonds is 10. The number of anilines is 1. The maximum atomic E-state index is 12.7. The number of unbranched alkanes of at least 4 members (excludes halogenated alkanes) is 2. The van der Waals surface area contributed by atoms with Crippen LogP contribution in [0.15, 0.2) is 42.5 Å². The number of carboxylic acids is 1. The van der Waals surface area contributed by atoms with Crippen LogP contribution in [0.4, 0.5) is 5.69 Å². The molecule has 0 saturated carbocycles. The van der Waals surface area contributed by atoms with Crippen LogP contribution < -0.4 is 4.90 Å². The molecule has 0 aliphatic rings. The second kappa shape index (κ2) is 9.76. The molecule has 0 unspecified atom stereocenters. The van der Waals surface area contributed by atoms with E-state index in [4.69, 9.17) is 0 Å². The van der Waals surface area contributed by atoms with Crippen LogP contribution in [0.2, 0.25) is 0 Å². The molecule has 27 heavy (non-hydrogen) atoms. The number of carboxylic acid groups (broad SMARTS) is 1. The van der Waals surface area contributed by atoms with Crippen molar-refractivity contribution in [1.29, 1.82) is 0 Å². The van der Waals surface area contributed by atoms with E-state index in [1.165, 1.54) is 6.07 Å². The van der Waals surface area contributed by atoms with E-state index in [0.717, 1.165) is 25.7 Å². The number of carbonyl (C=O) groups is 2. The molecule has 5 heteroatoms. The van der Waals surface area contributed by atoms with Gasteiger partial charge in [0.25, 0.3) is 0 Å². The van der Waals surface area contributed by atoms with Crippen molar-refractivity contribution in [2.45, 2.75) is 39.5 Å². The van der Waals surface area contributed by atoms with E-state index in [9.17, 15) is 19.8 Å². The SMILES string of the molecule is CCCCN(CCCC)c1ccc(C(=O)c2ccccc2)c(O)c1C(=O)O. The molecule has 2 aromatic carbocycles. The summed E-state index contributed by atoms with van der Waals surface area (Å²) in [5, 5.41) is 20.4. The predicted molar refractivity (Wildman–Crippen MR) is 107 cm³/mol. The molecular weight excluding hydrogens is 342 g/mol. The molecule has 0 spiro atoms. The topological polar surface area (TPSA) is 77.8 Å². The Morgan fingerprint density at radius 3 is 2.04 bits per heavy atom. The smallest absolute Gasteiger partial charge is 0.341 e. The van der Waals surface area contributed by atoms with E-state index in [2.05, 4.69) is 13.8 Å². The lowest BCUT2D eigenvalue weighted by Crippen LogP contribution is -2.27. The Hall–Kier alpha value is -2.82. The van der Waals surface area contributed by atoms with Crippen molar-refractivity contribution in [3.8, 4) is 5.75 Å². The fourth-order valence-corrected chi connectivity index (χ4v) is 3.03. The van der Waals surface area contributed by atoms with Crippen molar-refractivity contribution < 1.29 is 19.8 Å². The van der Waals surface area contributed by atoms with Crippen LogP contribution in [0.5, 0.6) is 5.75 Å². The van der Waals surface area contributed by atoms with E-state index in [-0.39, 0.29) is 11.1 Å². The molecule has 0 heterocycles. The molecule has 2 aromatic rings. The Balaban J connectivity index is 2.49. The predicted octanol–water partition coefficient (Wildman–Crippen LogP) is 4.73. The third kappa shape index (κ3) is 4.88. The number of benzene rings is 2. The van der Waals surface area contributed by atoms with E-state index in [1.807, 2.05) is 4.90 Å². The zero-order valence-corrected chi connectivity index (χ0v) is 15.9. The molecule has 0 aromatic heterocycles. The minimum Gasteiger partial charge on any atom is -0.506 e. The summed E-state index contributed by atoms with van der Waals surface area (Å²) in [5.74, 6) is -2.09. The van der Waals surface area contributed by atoms with Gasteiger partial charge in [0.1, 0.15) is 11.3 Å². The van der Waals surface area contributed by atoms with Crippen LogP contribution in [-0.2, 0) is 0 Å². The highest BCUT2D eigenvalue weighted by Gasteiger charge is 2.25. The largest absolute Gasteiger partial charge is 0.506 e. The molecule has 2 N–H and O–H groups in total. The highest BCUT2D eigenvalue weighted by atomic mass is 16.4. The second-order valence-electron chi connectivity index (χ2n) is 6.55. The summed E-state index contributed by atoms with van der Waals surface area (Å²) in [5.41, 5.74) is 0.675. The molecule has 2 rings (SSSR count). The highest BCUT2D eigenvalue weighted by Crippen LogP contribution is 2.34. The van der Waals surface area contributed by atoms with Crippen molar-refractivity contribution in [3.05, 3.63) is 59.2 Å². The molecule has 0 aliphatic heterocycles. The fourth-order valence-electron chi connectivity index (χ4n) is 3.03. The maximum Gasteiger partial charge on any atom is 0.341 e. The molecule has 144 valence electrons. The molecule has 0 saturated heterocycles. The number of phenols is 1. The molecule has 0 fully saturated rings. The van der Waals surface area contributed by atoms with Gasteiger partial charge in [-0.05, 0) is 25.0 Å². The number of aromatic hydroxyl groups is 1. The summed E-state index contributed by atoms with van der Waals surface area (Å²) in [6.07, 6.45) is 3.83. The Morgan fingerprint density at radius 1 is 0.926 bits per heavy atom. The number of hydrogen-bond acceptors (Lipinski definition) is 4. The number of aromatic carboxylic acids is 1. The van der Waals surface area contributed by atoms with Gasteiger partial charge in [-0.2, -0.15) is 0 Å². The van der Waals surface area contributed by atoms with Crippen molar-refractivity contribution in [3.63, 3.8) is 0 Å². The number of ketones is 1. The first-order valence-corrected chi connectivity index (χ1v) is 9.45. The maximum absolute atomic E-state index is 12.7. The molecular formula is C22H27NO4. The van der Waals surface area contributed by atoms with E-state index < -0.39 is 17.5 Å². The lowest BCUT2D eigenvalue weighted by Gasteiger charge is -2.27. The Morgan fingerprint density at radius 2 is 1.52 bits per heavy atom. The summed E-state index contributed by atoms with van der Waals surface area (Å²) < 4.78 is 0. The average molecular weight is 369 g/mol. The van der Waals surface area contributed by atoms with Gasteiger partial charge in [0.2, 0.25) is 0 Å². The van der Waals surface area contributed by atoms with Gasteiger partial charge in [0.05, 0.1) is 11.3 Å². The minimum absolute atomic E-state index is 0.00767. The normalized spacial score (nSPS) is 10.6. The summed E-state index contributed by atoms with van der Waals surface area (Å²) in [6.45, 7) is 5.58. The Kier molecular flexibility index (Phi) is 7.41. The summed E-state index contributed by atoms with van der Waals surface area (Å²) in [4.78, 5) is 26.6. The molecule has 5 nitrogen and oxygen atoms in total. The van der Waals surface area contributed by atoms with E-state index >= 15 is 0 Å². The molecule has 0 aliphatic carbocycles. The third-order valence-corrected chi connectivity index (χ3v) is 4.55. The van der Waals surface area contributed by atoms with Gasteiger partial charge >= 0.3 is 5.97 Å². The van der Waals surface area contributed by atoms with Gasteiger partial charge in [-0.3, -0.25) is 4.79 Å². The zero-order valence-electron chi connectivity index (χ0n) is 15.9. The zero-order chi connectivity index (χ0) is 19.8. The average Bonchev–Trinajstić information content (AvgIpc) is 2.68. The first-order valence-electron chi connectivity index (χ1n) is 9.45. The number of nitrogens with zero attached hydrogens (tertiary/aromatic N) is 1. The fraction of sp³-hybridized carbons (Fsp3) is 0.364.